The number of nitrogens with one attached hydrogen (secondary N) is 1. The molecule has 0 aliphatic rings. The van der Waals surface area contributed by atoms with Gasteiger partial charge in [-0.05, 0) is 23.3 Å². The predicted octanol–water partition coefficient (Wildman–Crippen LogP) is 1.46. The number of carbonyl (C=O) groups excluding carboxylic acids is 2. The molecule has 0 aromatic heterocycles. The smallest absolute Gasteiger partial charge is 0.254 e. The summed E-state index contributed by atoms with van der Waals surface area (Å²) in [6.07, 6.45) is -0.595. The molecule has 128 valence electrons. The molecular weight excluding hydrogens is 318 g/mol. The van der Waals surface area contributed by atoms with Gasteiger partial charge in [0.15, 0.2) is 6.10 Å². The molecule has 6 heteroatoms. The Morgan fingerprint density at radius 3 is 2.32 bits per heavy atom. The van der Waals surface area contributed by atoms with Crippen molar-refractivity contribution in [2.75, 3.05) is 7.11 Å². The van der Waals surface area contributed by atoms with E-state index in [2.05, 4.69) is 5.32 Å². The van der Waals surface area contributed by atoms with Crippen molar-refractivity contribution < 1.29 is 14.3 Å². The molecule has 0 fully saturated rings. The van der Waals surface area contributed by atoms with E-state index < -0.39 is 24.0 Å². The Hall–Kier alpha value is -3.17. The van der Waals surface area contributed by atoms with E-state index in [9.17, 15) is 9.59 Å². The maximum absolute atomic E-state index is 12.5. The molecule has 0 spiro atoms. The highest BCUT2D eigenvalue weighted by molar-refractivity contribution is 5.89. The fourth-order valence-corrected chi connectivity index (χ4v) is 2.44. The second-order valence-electron chi connectivity index (χ2n) is 5.50. The summed E-state index contributed by atoms with van der Waals surface area (Å²) in [7, 11) is 1.43. The van der Waals surface area contributed by atoms with Crippen LogP contribution >= 0.6 is 0 Å². The second kappa shape index (κ2) is 8.62. The minimum atomic E-state index is -0.873. The molecule has 0 bridgehead atoms. The van der Waals surface area contributed by atoms with Gasteiger partial charge in [0.05, 0.1) is 11.6 Å². The molecule has 2 rings (SSSR count). The molecule has 3 N–H and O–H groups in total. The van der Waals surface area contributed by atoms with E-state index in [1.165, 1.54) is 7.11 Å². The Balaban J connectivity index is 2.10. The first kappa shape index (κ1) is 18.2. The van der Waals surface area contributed by atoms with Crippen LogP contribution in [0.15, 0.2) is 54.6 Å². The summed E-state index contributed by atoms with van der Waals surface area (Å²) in [4.78, 5) is 24.2. The van der Waals surface area contributed by atoms with Gasteiger partial charge < -0.3 is 15.8 Å². The number of nitrogens with two attached hydrogens (primary N) is 1. The maximum atomic E-state index is 12.5. The fraction of sp³-hybridized carbons (Fsp3) is 0.211. The van der Waals surface area contributed by atoms with E-state index in [1.54, 1.807) is 48.5 Å². The summed E-state index contributed by atoms with van der Waals surface area (Å²) in [5.41, 5.74) is 7.42. The van der Waals surface area contributed by atoms with Crippen molar-refractivity contribution in [3.05, 3.63) is 71.3 Å². The lowest BCUT2D eigenvalue weighted by atomic mass is 10.0. The average molecular weight is 337 g/mol. The van der Waals surface area contributed by atoms with Gasteiger partial charge in [-0.3, -0.25) is 9.59 Å². The first-order chi connectivity index (χ1) is 12.0. The third kappa shape index (κ3) is 4.90. The highest BCUT2D eigenvalue weighted by atomic mass is 16.5. The highest BCUT2D eigenvalue weighted by Crippen LogP contribution is 2.17. The number of rotatable bonds is 7. The van der Waals surface area contributed by atoms with Crippen molar-refractivity contribution in [2.24, 2.45) is 5.73 Å². The van der Waals surface area contributed by atoms with E-state index in [1.807, 2.05) is 12.1 Å². The Bertz CT molecular complexity index is 767. The Morgan fingerprint density at radius 2 is 1.80 bits per heavy atom. The molecule has 0 aliphatic carbocycles. The molecule has 0 radical (unpaired) electrons. The first-order valence-corrected chi connectivity index (χ1v) is 7.71. The Kier molecular flexibility index (Phi) is 6.26. The maximum Gasteiger partial charge on any atom is 0.254 e. The summed E-state index contributed by atoms with van der Waals surface area (Å²) in [6, 6.07) is 16.9. The third-order valence-corrected chi connectivity index (χ3v) is 3.76. The summed E-state index contributed by atoms with van der Waals surface area (Å²) in [5.74, 6) is -1.08. The van der Waals surface area contributed by atoms with Crippen molar-refractivity contribution in [3.8, 4) is 6.07 Å². The lowest BCUT2D eigenvalue weighted by Crippen LogP contribution is -2.47. The van der Waals surface area contributed by atoms with Crippen LogP contribution in [0.3, 0.4) is 0 Å². The Morgan fingerprint density at radius 1 is 1.16 bits per heavy atom. The van der Waals surface area contributed by atoms with Crippen molar-refractivity contribution in [1.29, 1.82) is 5.26 Å². The largest absolute Gasteiger partial charge is 0.368 e. The quantitative estimate of drug-likeness (QED) is 0.798. The fourth-order valence-electron chi connectivity index (χ4n) is 2.44. The van der Waals surface area contributed by atoms with E-state index >= 15 is 0 Å². The number of benzene rings is 2. The van der Waals surface area contributed by atoms with Crippen molar-refractivity contribution >= 4 is 11.8 Å². The van der Waals surface area contributed by atoms with Gasteiger partial charge in [0.2, 0.25) is 5.91 Å². The summed E-state index contributed by atoms with van der Waals surface area (Å²) in [5, 5.41) is 11.5. The SMILES string of the molecule is CO[C@@H](C(=O)N[C@H](Cc1ccc(C#N)cc1)C(N)=O)c1ccccc1. The number of nitriles is 1. The normalized spacial score (nSPS) is 12.6. The van der Waals surface area contributed by atoms with Gasteiger partial charge in [0.1, 0.15) is 6.04 Å². The third-order valence-electron chi connectivity index (χ3n) is 3.76. The highest BCUT2D eigenvalue weighted by Gasteiger charge is 2.25. The van der Waals surface area contributed by atoms with Crippen molar-refractivity contribution in [2.45, 2.75) is 18.6 Å². The number of nitrogens with zero attached hydrogens (tertiary/aromatic N) is 1. The summed E-state index contributed by atoms with van der Waals surface area (Å²) in [6.45, 7) is 0. The average Bonchev–Trinajstić information content (AvgIpc) is 2.63. The van der Waals surface area contributed by atoms with Crippen LogP contribution in [0, 0.1) is 11.3 Å². The van der Waals surface area contributed by atoms with Crippen LogP contribution in [0.1, 0.15) is 22.8 Å². The molecule has 0 heterocycles. The number of carbonyl (C=O) groups is 2. The van der Waals surface area contributed by atoms with Crippen LogP contribution in [0.4, 0.5) is 0 Å². The zero-order valence-electron chi connectivity index (χ0n) is 13.8. The number of methoxy groups -OCH3 is 1. The Labute approximate surface area is 146 Å². The number of amides is 2. The lowest BCUT2D eigenvalue weighted by molar-refractivity contribution is -0.134. The summed E-state index contributed by atoms with van der Waals surface area (Å²) < 4.78 is 5.26. The molecule has 0 saturated heterocycles. The number of ether oxygens (including phenoxy) is 1. The van der Waals surface area contributed by atoms with E-state index in [0.29, 0.717) is 11.1 Å². The monoisotopic (exact) mass is 337 g/mol. The molecule has 2 atom stereocenters. The van der Waals surface area contributed by atoms with Gasteiger partial charge in [-0.1, -0.05) is 42.5 Å². The predicted molar refractivity (Wildman–Crippen MR) is 92.2 cm³/mol. The van der Waals surface area contributed by atoms with Crippen LogP contribution in [-0.4, -0.2) is 25.0 Å². The summed E-state index contributed by atoms with van der Waals surface area (Å²) >= 11 is 0. The molecule has 25 heavy (non-hydrogen) atoms. The van der Waals surface area contributed by atoms with Gasteiger partial charge in [0.25, 0.3) is 5.91 Å². The van der Waals surface area contributed by atoms with Crippen LogP contribution in [-0.2, 0) is 20.7 Å². The number of hydrogen-bond acceptors (Lipinski definition) is 4. The number of hydrogen-bond donors (Lipinski definition) is 2. The molecule has 0 aliphatic heterocycles. The minimum absolute atomic E-state index is 0.234. The van der Waals surface area contributed by atoms with Gasteiger partial charge in [-0.2, -0.15) is 5.26 Å². The van der Waals surface area contributed by atoms with Gasteiger partial charge in [0, 0.05) is 13.5 Å². The zero-order valence-corrected chi connectivity index (χ0v) is 13.8. The van der Waals surface area contributed by atoms with E-state index in [4.69, 9.17) is 15.7 Å². The first-order valence-electron chi connectivity index (χ1n) is 7.71. The molecule has 2 aromatic rings. The van der Waals surface area contributed by atoms with E-state index in [0.717, 1.165) is 5.56 Å². The molecular formula is C19H19N3O3. The van der Waals surface area contributed by atoms with Crippen LogP contribution in [0.25, 0.3) is 0 Å². The number of primary amides is 1. The van der Waals surface area contributed by atoms with Crippen molar-refractivity contribution in [1.82, 2.24) is 5.32 Å². The molecule has 6 nitrogen and oxygen atoms in total. The van der Waals surface area contributed by atoms with E-state index in [-0.39, 0.29) is 6.42 Å². The molecule has 0 unspecified atom stereocenters. The molecule has 0 saturated carbocycles. The van der Waals surface area contributed by atoms with Crippen LogP contribution < -0.4 is 11.1 Å². The standard InChI is InChI=1S/C19H19N3O3/c1-25-17(15-5-3-2-4-6-15)19(24)22-16(18(21)23)11-13-7-9-14(12-20)10-8-13/h2-10,16-17H,11H2,1H3,(H2,21,23)(H,22,24)/t16-,17-/m1/s1. The minimum Gasteiger partial charge on any atom is -0.368 e. The zero-order chi connectivity index (χ0) is 18.2. The molecule has 2 aromatic carbocycles. The topological polar surface area (TPSA) is 105 Å². The molecule has 2 amide bonds. The van der Waals surface area contributed by atoms with Gasteiger partial charge in [-0.15, -0.1) is 0 Å². The van der Waals surface area contributed by atoms with Crippen molar-refractivity contribution in [3.63, 3.8) is 0 Å². The van der Waals surface area contributed by atoms with Gasteiger partial charge >= 0.3 is 0 Å². The lowest BCUT2D eigenvalue weighted by Gasteiger charge is -2.20. The van der Waals surface area contributed by atoms with Crippen LogP contribution in [0.2, 0.25) is 0 Å². The second-order valence-corrected chi connectivity index (χ2v) is 5.50. The van der Waals surface area contributed by atoms with Crippen LogP contribution in [0.5, 0.6) is 0 Å². The van der Waals surface area contributed by atoms with Gasteiger partial charge in [-0.25, -0.2) is 0 Å².